The lowest BCUT2D eigenvalue weighted by Gasteiger charge is -2.40. The van der Waals surface area contributed by atoms with Crippen molar-refractivity contribution in [3.8, 4) is 0 Å². The minimum Gasteiger partial charge on any atom is -0.354 e. The molecule has 1 unspecified atom stereocenters. The molecule has 1 fully saturated rings. The highest BCUT2D eigenvalue weighted by Crippen LogP contribution is 2.33. The summed E-state index contributed by atoms with van der Waals surface area (Å²) in [6, 6.07) is -1.78. The van der Waals surface area contributed by atoms with Gasteiger partial charge in [-0.15, -0.1) is 0 Å². The molecule has 0 aromatic heterocycles. The Morgan fingerprint density at radius 3 is 2.29 bits per heavy atom. The Morgan fingerprint density at radius 1 is 1.24 bits per heavy atom. The molecule has 21 heavy (non-hydrogen) atoms. The second-order valence-corrected chi connectivity index (χ2v) is 5.19. The van der Waals surface area contributed by atoms with Crippen LogP contribution in [0.15, 0.2) is 0 Å². The maximum Gasteiger partial charge on any atom is 0.331 e. The SMILES string of the molecule is CCCNC(=O)C(C)N1C(=O)NC(=O)C(CC)(CC)C1=O. The summed E-state index contributed by atoms with van der Waals surface area (Å²) < 4.78 is 0. The molecule has 5 amide bonds. The van der Waals surface area contributed by atoms with E-state index in [1.165, 1.54) is 6.92 Å². The molecule has 1 heterocycles. The van der Waals surface area contributed by atoms with E-state index in [0.29, 0.717) is 6.54 Å². The number of barbiturate groups is 1. The molecule has 7 heteroatoms. The van der Waals surface area contributed by atoms with Crippen molar-refractivity contribution < 1.29 is 19.2 Å². The van der Waals surface area contributed by atoms with Crippen molar-refractivity contribution in [2.24, 2.45) is 5.41 Å². The number of carbonyl (C=O) groups excluding carboxylic acids is 4. The van der Waals surface area contributed by atoms with Crippen molar-refractivity contribution in [3.63, 3.8) is 0 Å². The van der Waals surface area contributed by atoms with Gasteiger partial charge >= 0.3 is 6.03 Å². The summed E-state index contributed by atoms with van der Waals surface area (Å²) >= 11 is 0. The molecule has 118 valence electrons. The lowest BCUT2D eigenvalue weighted by atomic mass is 9.78. The third-order valence-electron chi connectivity index (χ3n) is 4.03. The first-order valence-corrected chi connectivity index (χ1v) is 7.32. The minimum absolute atomic E-state index is 0.279. The minimum atomic E-state index is -1.27. The quantitative estimate of drug-likeness (QED) is 0.708. The van der Waals surface area contributed by atoms with Crippen LogP contribution >= 0.6 is 0 Å². The number of carbonyl (C=O) groups is 4. The second kappa shape index (κ2) is 6.69. The predicted octanol–water partition coefficient (Wildman–Crippen LogP) is 0.786. The molecule has 0 saturated carbocycles. The molecule has 2 N–H and O–H groups in total. The van der Waals surface area contributed by atoms with Crippen LogP contribution in [0.2, 0.25) is 0 Å². The normalized spacial score (nSPS) is 19.2. The van der Waals surface area contributed by atoms with Gasteiger partial charge in [0.2, 0.25) is 17.7 Å². The first-order chi connectivity index (χ1) is 9.85. The Morgan fingerprint density at radius 2 is 1.81 bits per heavy atom. The molecule has 1 atom stereocenters. The van der Waals surface area contributed by atoms with Crippen LogP contribution in [0, 0.1) is 5.41 Å². The van der Waals surface area contributed by atoms with Crippen molar-refractivity contribution in [2.45, 2.75) is 53.0 Å². The van der Waals surface area contributed by atoms with Gasteiger partial charge in [-0.3, -0.25) is 24.6 Å². The summed E-state index contributed by atoms with van der Waals surface area (Å²) in [5, 5.41) is 4.84. The van der Waals surface area contributed by atoms with E-state index >= 15 is 0 Å². The molecular formula is C14H23N3O4. The monoisotopic (exact) mass is 297 g/mol. The summed E-state index contributed by atoms with van der Waals surface area (Å²) in [6.45, 7) is 7.29. The molecule has 0 aromatic rings. The Bertz CT molecular complexity index is 457. The topological polar surface area (TPSA) is 95.6 Å². The van der Waals surface area contributed by atoms with Gasteiger partial charge in [0.05, 0.1) is 0 Å². The molecule has 0 aliphatic carbocycles. The van der Waals surface area contributed by atoms with Crippen molar-refractivity contribution >= 4 is 23.8 Å². The highest BCUT2D eigenvalue weighted by molar-refractivity contribution is 6.20. The van der Waals surface area contributed by atoms with Gasteiger partial charge in [-0.1, -0.05) is 20.8 Å². The molecule has 1 aliphatic rings. The number of nitrogens with one attached hydrogen (secondary N) is 2. The van der Waals surface area contributed by atoms with Crippen molar-refractivity contribution in [1.29, 1.82) is 0 Å². The predicted molar refractivity (Wildman–Crippen MR) is 76.2 cm³/mol. The van der Waals surface area contributed by atoms with Crippen LogP contribution < -0.4 is 10.6 Å². The van der Waals surface area contributed by atoms with Crippen molar-refractivity contribution in [1.82, 2.24) is 15.5 Å². The lowest BCUT2D eigenvalue weighted by molar-refractivity contribution is -0.155. The van der Waals surface area contributed by atoms with Crippen LogP contribution in [0.3, 0.4) is 0 Å². The van der Waals surface area contributed by atoms with Gasteiger partial charge in [-0.05, 0) is 26.2 Å². The molecule has 0 radical (unpaired) electrons. The van der Waals surface area contributed by atoms with Gasteiger partial charge in [0.25, 0.3) is 0 Å². The van der Waals surface area contributed by atoms with Crippen LogP contribution in [0.4, 0.5) is 4.79 Å². The molecule has 0 spiro atoms. The summed E-state index contributed by atoms with van der Waals surface area (Å²) in [5.74, 6) is -1.59. The largest absolute Gasteiger partial charge is 0.354 e. The van der Waals surface area contributed by atoms with Crippen molar-refractivity contribution in [2.75, 3.05) is 6.54 Å². The summed E-state index contributed by atoms with van der Waals surface area (Å²) in [7, 11) is 0. The lowest BCUT2D eigenvalue weighted by Crippen LogP contribution is -2.67. The summed E-state index contributed by atoms with van der Waals surface area (Å²) in [4.78, 5) is 49.4. The number of rotatable bonds is 6. The molecule has 0 bridgehead atoms. The number of hydrogen-bond acceptors (Lipinski definition) is 4. The van der Waals surface area contributed by atoms with E-state index in [2.05, 4.69) is 10.6 Å². The average molecular weight is 297 g/mol. The first kappa shape index (κ1) is 17.1. The zero-order valence-electron chi connectivity index (χ0n) is 13.0. The van der Waals surface area contributed by atoms with Gasteiger partial charge < -0.3 is 5.32 Å². The van der Waals surface area contributed by atoms with Crippen LogP contribution in [0.5, 0.6) is 0 Å². The van der Waals surface area contributed by atoms with Crippen LogP contribution in [-0.4, -0.2) is 41.2 Å². The van der Waals surface area contributed by atoms with E-state index in [1.807, 2.05) is 6.92 Å². The van der Waals surface area contributed by atoms with Crippen LogP contribution in [0.25, 0.3) is 0 Å². The van der Waals surface area contributed by atoms with E-state index in [4.69, 9.17) is 0 Å². The summed E-state index contributed by atoms with van der Waals surface area (Å²) in [6.07, 6.45) is 1.31. The number of nitrogens with zero attached hydrogens (tertiary/aromatic N) is 1. The second-order valence-electron chi connectivity index (χ2n) is 5.19. The van der Waals surface area contributed by atoms with Gasteiger partial charge in [-0.25, -0.2) is 4.79 Å². The highest BCUT2D eigenvalue weighted by Gasteiger charge is 2.53. The number of imide groups is 2. The Hall–Kier alpha value is -1.92. The molecule has 1 saturated heterocycles. The van der Waals surface area contributed by atoms with Gasteiger partial charge in [-0.2, -0.15) is 0 Å². The van der Waals surface area contributed by atoms with E-state index in [-0.39, 0.29) is 12.8 Å². The molecule has 1 aliphatic heterocycles. The number of amides is 5. The highest BCUT2D eigenvalue weighted by atomic mass is 16.2. The van der Waals surface area contributed by atoms with Gasteiger partial charge in [0.15, 0.2) is 0 Å². The zero-order valence-corrected chi connectivity index (χ0v) is 13.0. The standard InChI is InChI=1S/C14H23N3O4/c1-5-8-15-10(18)9(4)17-12(20)14(6-2,7-3)11(19)16-13(17)21/h9H,5-8H2,1-4H3,(H,15,18)(H,16,19,21). The number of hydrogen-bond donors (Lipinski definition) is 2. The molecular weight excluding hydrogens is 274 g/mol. The smallest absolute Gasteiger partial charge is 0.331 e. The summed E-state index contributed by atoms with van der Waals surface area (Å²) in [5.41, 5.74) is -1.27. The van der Waals surface area contributed by atoms with Crippen LogP contribution in [-0.2, 0) is 14.4 Å². The molecule has 0 aromatic carbocycles. The maximum atomic E-state index is 12.6. The van der Waals surface area contributed by atoms with E-state index < -0.39 is 35.2 Å². The van der Waals surface area contributed by atoms with E-state index in [1.54, 1.807) is 13.8 Å². The maximum absolute atomic E-state index is 12.6. The van der Waals surface area contributed by atoms with Crippen LogP contribution in [0.1, 0.15) is 47.0 Å². The van der Waals surface area contributed by atoms with Gasteiger partial charge in [0, 0.05) is 6.54 Å². The third-order valence-corrected chi connectivity index (χ3v) is 4.03. The van der Waals surface area contributed by atoms with E-state index in [0.717, 1.165) is 11.3 Å². The van der Waals surface area contributed by atoms with E-state index in [9.17, 15) is 19.2 Å². The fourth-order valence-electron chi connectivity index (χ4n) is 2.44. The third kappa shape index (κ3) is 2.91. The van der Waals surface area contributed by atoms with Gasteiger partial charge in [0.1, 0.15) is 11.5 Å². The zero-order chi connectivity index (χ0) is 16.2. The molecule has 7 nitrogen and oxygen atoms in total. The average Bonchev–Trinajstić information content (AvgIpc) is 2.45. The first-order valence-electron chi connectivity index (χ1n) is 7.32. The Kier molecular flexibility index (Phi) is 5.46. The Balaban J connectivity index is 3.05. The number of urea groups is 1. The fourth-order valence-corrected chi connectivity index (χ4v) is 2.44. The Labute approximate surface area is 124 Å². The molecule has 1 rings (SSSR count). The van der Waals surface area contributed by atoms with Crippen molar-refractivity contribution in [3.05, 3.63) is 0 Å². The fraction of sp³-hybridized carbons (Fsp3) is 0.714.